The highest BCUT2D eigenvalue weighted by Gasteiger charge is 2.11. The van der Waals surface area contributed by atoms with Crippen molar-refractivity contribution in [2.75, 3.05) is 0 Å². The van der Waals surface area contributed by atoms with Crippen LogP contribution in [-0.4, -0.2) is 5.78 Å². The lowest BCUT2D eigenvalue weighted by molar-refractivity contribution is 0.0993. The van der Waals surface area contributed by atoms with Gasteiger partial charge in [-0.3, -0.25) is 4.79 Å². The van der Waals surface area contributed by atoms with Crippen molar-refractivity contribution in [2.24, 2.45) is 0 Å². The Morgan fingerprint density at radius 3 is 2.32 bits per heavy atom. The molecule has 0 radical (unpaired) electrons. The molecule has 0 bridgehead atoms. The van der Waals surface area contributed by atoms with Crippen LogP contribution < -0.4 is 0 Å². The molecule has 5 heteroatoms. The third-order valence-corrected chi connectivity index (χ3v) is 3.82. The van der Waals surface area contributed by atoms with Crippen LogP contribution in [0.25, 0.3) is 0 Å². The molecule has 19 heavy (non-hydrogen) atoms. The molecule has 1 nitrogen and oxygen atoms in total. The smallest absolute Gasteiger partial charge is 0.167 e. The second-order valence-corrected chi connectivity index (χ2v) is 6.23. The molecule has 0 aliphatic carbocycles. The fourth-order valence-corrected chi connectivity index (χ4v) is 3.18. The second-order valence-electron chi connectivity index (χ2n) is 3.99. The lowest BCUT2D eigenvalue weighted by Crippen LogP contribution is -2.04. The lowest BCUT2D eigenvalue weighted by atomic mass is 10.0. The molecule has 0 spiro atoms. The molecule has 98 valence electrons. The molecule has 0 heterocycles. The molecule has 0 saturated carbocycles. The Bertz CT molecular complexity index is 623. The van der Waals surface area contributed by atoms with Crippen LogP contribution in [0.4, 0.5) is 4.39 Å². The highest BCUT2D eigenvalue weighted by Crippen LogP contribution is 2.23. The van der Waals surface area contributed by atoms with Crippen molar-refractivity contribution >= 4 is 49.2 Å². The number of Topliss-reactive ketones (excluding diaryl/α,β-unsaturated/α-hetero) is 1. The predicted octanol–water partition coefficient (Wildman–Crippen LogP) is 5.43. The fourth-order valence-electron chi connectivity index (χ4n) is 1.65. The van der Waals surface area contributed by atoms with Gasteiger partial charge in [-0.2, -0.15) is 0 Å². The van der Waals surface area contributed by atoms with E-state index in [1.54, 1.807) is 12.1 Å². The summed E-state index contributed by atoms with van der Waals surface area (Å²) in [5.41, 5.74) is 1.19. The molecule has 0 amide bonds. The largest absolute Gasteiger partial charge is 0.294 e. The van der Waals surface area contributed by atoms with Gasteiger partial charge in [-0.25, -0.2) is 4.39 Å². The maximum Gasteiger partial charge on any atom is 0.167 e. The van der Waals surface area contributed by atoms with E-state index in [1.165, 1.54) is 18.2 Å². The van der Waals surface area contributed by atoms with Crippen molar-refractivity contribution in [3.05, 3.63) is 67.3 Å². The zero-order valence-corrected chi connectivity index (χ0v) is 13.5. The van der Waals surface area contributed by atoms with E-state index in [1.807, 2.05) is 6.07 Å². The Kier molecular flexibility index (Phi) is 4.76. The van der Waals surface area contributed by atoms with Crippen LogP contribution in [0.1, 0.15) is 15.9 Å². The van der Waals surface area contributed by atoms with Crippen LogP contribution in [0.5, 0.6) is 0 Å². The van der Waals surface area contributed by atoms with E-state index in [9.17, 15) is 9.18 Å². The number of rotatable bonds is 3. The van der Waals surface area contributed by atoms with E-state index < -0.39 is 5.82 Å². The van der Waals surface area contributed by atoms with Gasteiger partial charge >= 0.3 is 0 Å². The van der Waals surface area contributed by atoms with Crippen LogP contribution in [0.2, 0.25) is 5.02 Å². The van der Waals surface area contributed by atoms with Gasteiger partial charge < -0.3 is 0 Å². The van der Waals surface area contributed by atoms with Gasteiger partial charge in [0.05, 0.1) is 0 Å². The molecule has 0 N–H and O–H groups in total. The van der Waals surface area contributed by atoms with Crippen molar-refractivity contribution in [1.82, 2.24) is 0 Å². The van der Waals surface area contributed by atoms with E-state index in [0.29, 0.717) is 11.1 Å². The summed E-state index contributed by atoms with van der Waals surface area (Å²) in [5, 5.41) is 0.266. The van der Waals surface area contributed by atoms with Gasteiger partial charge in [0.15, 0.2) is 5.78 Å². The van der Waals surface area contributed by atoms with Gasteiger partial charge in [0.25, 0.3) is 0 Å². The van der Waals surface area contributed by atoms with E-state index in [2.05, 4.69) is 31.9 Å². The van der Waals surface area contributed by atoms with Crippen LogP contribution in [0.3, 0.4) is 0 Å². The molecule has 0 aromatic heterocycles. The maximum atomic E-state index is 12.9. The van der Waals surface area contributed by atoms with E-state index in [4.69, 9.17) is 11.6 Å². The van der Waals surface area contributed by atoms with E-state index >= 15 is 0 Å². The average Bonchev–Trinajstić information content (AvgIpc) is 2.31. The first-order valence-corrected chi connectivity index (χ1v) is 7.35. The molecule has 0 aliphatic heterocycles. The van der Waals surface area contributed by atoms with Crippen molar-refractivity contribution in [3.8, 4) is 0 Å². The van der Waals surface area contributed by atoms with E-state index in [0.717, 1.165) is 8.95 Å². The molecule has 2 aromatic carbocycles. The topological polar surface area (TPSA) is 17.1 Å². The first-order chi connectivity index (χ1) is 8.95. The van der Waals surface area contributed by atoms with Gasteiger partial charge in [-0.05, 0) is 35.9 Å². The fraction of sp³-hybridized carbons (Fsp3) is 0.0714. The molecular weight excluding hydrogens is 398 g/mol. The summed E-state index contributed by atoms with van der Waals surface area (Å²) in [4.78, 5) is 12.2. The van der Waals surface area contributed by atoms with E-state index in [-0.39, 0.29) is 17.2 Å². The third-order valence-electron chi connectivity index (χ3n) is 2.55. The van der Waals surface area contributed by atoms with Crippen molar-refractivity contribution in [1.29, 1.82) is 0 Å². The zero-order chi connectivity index (χ0) is 14.0. The number of carbonyl (C=O) groups excluding carboxylic acids is 1. The quantitative estimate of drug-likeness (QED) is 0.621. The molecule has 0 atom stereocenters. The van der Waals surface area contributed by atoms with Crippen LogP contribution in [0.15, 0.2) is 45.3 Å². The van der Waals surface area contributed by atoms with Gasteiger partial charge in [0.1, 0.15) is 5.82 Å². The summed E-state index contributed by atoms with van der Waals surface area (Å²) >= 11 is 12.6. The second kappa shape index (κ2) is 6.16. The summed E-state index contributed by atoms with van der Waals surface area (Å²) in [7, 11) is 0. The highest BCUT2D eigenvalue weighted by atomic mass is 79.9. The molecule has 0 aliphatic rings. The number of hydrogen-bond acceptors (Lipinski definition) is 1. The Morgan fingerprint density at radius 2 is 1.74 bits per heavy atom. The standard InChI is InChI=1S/C14H8Br2ClFO/c15-10-3-9(4-11(16)6-10)14(19)5-8-1-2-12(18)7-13(8)17/h1-4,6-7H,5H2. The SMILES string of the molecule is O=C(Cc1ccc(F)cc1Cl)c1cc(Br)cc(Br)c1. The number of hydrogen-bond donors (Lipinski definition) is 0. The molecule has 2 rings (SSSR count). The minimum Gasteiger partial charge on any atom is -0.294 e. The molecule has 0 fully saturated rings. The minimum atomic E-state index is -0.411. The zero-order valence-electron chi connectivity index (χ0n) is 9.59. The Balaban J connectivity index is 2.25. The number of carbonyl (C=O) groups is 1. The molecule has 2 aromatic rings. The summed E-state index contributed by atoms with van der Waals surface area (Å²) < 4.78 is 14.6. The first-order valence-electron chi connectivity index (χ1n) is 5.39. The normalized spacial score (nSPS) is 10.5. The number of ketones is 1. The lowest BCUT2D eigenvalue weighted by Gasteiger charge is -2.05. The number of benzene rings is 2. The minimum absolute atomic E-state index is 0.0736. The van der Waals surface area contributed by atoms with Crippen LogP contribution in [0, 0.1) is 5.82 Å². The predicted molar refractivity (Wildman–Crippen MR) is 81.3 cm³/mol. The highest BCUT2D eigenvalue weighted by molar-refractivity contribution is 9.11. The summed E-state index contributed by atoms with van der Waals surface area (Å²) in [5.74, 6) is -0.484. The average molecular weight is 406 g/mol. The van der Waals surface area contributed by atoms with Crippen LogP contribution in [-0.2, 0) is 6.42 Å². The monoisotopic (exact) mass is 404 g/mol. The molecule has 0 unspecified atom stereocenters. The van der Waals surface area contributed by atoms with Crippen LogP contribution >= 0.6 is 43.5 Å². The Labute approximate surface area is 132 Å². The summed E-state index contributed by atoms with van der Waals surface area (Å²) in [6.45, 7) is 0. The summed E-state index contributed by atoms with van der Waals surface area (Å²) in [6.07, 6.45) is 0.141. The molecular formula is C14H8Br2ClFO. The van der Waals surface area contributed by atoms with Crippen molar-refractivity contribution in [2.45, 2.75) is 6.42 Å². The van der Waals surface area contributed by atoms with Gasteiger partial charge in [-0.1, -0.05) is 49.5 Å². The third kappa shape index (κ3) is 3.88. The molecule has 0 saturated heterocycles. The summed E-state index contributed by atoms with van der Waals surface area (Å²) in [6, 6.07) is 9.37. The maximum absolute atomic E-state index is 12.9. The Hall–Kier alpha value is -0.710. The van der Waals surface area contributed by atoms with Gasteiger partial charge in [0, 0.05) is 26.0 Å². The Morgan fingerprint density at radius 1 is 1.11 bits per heavy atom. The first kappa shape index (κ1) is 14.7. The van der Waals surface area contributed by atoms with Crippen molar-refractivity contribution in [3.63, 3.8) is 0 Å². The van der Waals surface area contributed by atoms with Gasteiger partial charge in [-0.15, -0.1) is 0 Å². The van der Waals surface area contributed by atoms with Gasteiger partial charge in [0.2, 0.25) is 0 Å². The van der Waals surface area contributed by atoms with Crippen molar-refractivity contribution < 1.29 is 9.18 Å². The number of halogens is 4.